The van der Waals surface area contributed by atoms with E-state index in [0.29, 0.717) is 5.56 Å². The monoisotopic (exact) mass is 455 g/mol. The Bertz CT molecular complexity index is 908. The average Bonchev–Trinajstić information content (AvgIpc) is 2.77. The van der Waals surface area contributed by atoms with Gasteiger partial charge in [0.2, 0.25) is 5.91 Å². The van der Waals surface area contributed by atoms with Gasteiger partial charge in [-0.25, -0.2) is 9.59 Å². The summed E-state index contributed by atoms with van der Waals surface area (Å²) in [6, 6.07) is 16.5. The molecular formula is C20H20F3N3O6. The first-order chi connectivity index (χ1) is 15.0. The van der Waals surface area contributed by atoms with Gasteiger partial charge in [0.05, 0.1) is 12.1 Å². The van der Waals surface area contributed by atoms with Crippen LogP contribution in [0, 0.1) is 0 Å². The number of halogens is 3. The van der Waals surface area contributed by atoms with Crippen LogP contribution in [0.25, 0.3) is 0 Å². The van der Waals surface area contributed by atoms with Gasteiger partial charge < -0.3 is 21.0 Å². The topological polar surface area (TPSA) is 148 Å². The van der Waals surface area contributed by atoms with Crippen LogP contribution >= 0.6 is 0 Å². The number of carbonyl (C=O) groups excluding carboxylic acids is 3. The van der Waals surface area contributed by atoms with Gasteiger partial charge >= 0.3 is 18.1 Å². The molecular weight excluding hydrogens is 435 g/mol. The lowest BCUT2D eigenvalue weighted by atomic mass is 10.1. The van der Waals surface area contributed by atoms with E-state index < -0.39 is 36.0 Å². The molecule has 2 aromatic carbocycles. The second-order valence-corrected chi connectivity index (χ2v) is 6.04. The number of nitrogens with one attached hydrogen (secondary N) is 2. The first-order valence-electron chi connectivity index (χ1n) is 8.94. The molecule has 0 aliphatic rings. The number of hydrogen-bond acceptors (Lipinski definition) is 6. The maximum Gasteiger partial charge on any atom is 0.490 e. The lowest BCUT2D eigenvalue weighted by Crippen LogP contribution is -2.50. The van der Waals surface area contributed by atoms with Crippen LogP contribution in [0.2, 0.25) is 0 Å². The van der Waals surface area contributed by atoms with E-state index in [1.165, 1.54) is 0 Å². The molecule has 0 unspecified atom stereocenters. The fourth-order valence-electron chi connectivity index (χ4n) is 2.11. The molecule has 2 aromatic rings. The molecule has 0 saturated carbocycles. The third kappa shape index (κ3) is 9.71. The minimum atomic E-state index is -5.08. The molecule has 0 saturated heterocycles. The molecule has 0 aromatic heterocycles. The second kappa shape index (κ2) is 12.7. The van der Waals surface area contributed by atoms with Crippen molar-refractivity contribution in [1.29, 1.82) is 0 Å². The third-order valence-corrected chi connectivity index (χ3v) is 3.62. The molecule has 32 heavy (non-hydrogen) atoms. The number of hydroxylamine groups is 1. The van der Waals surface area contributed by atoms with E-state index in [-0.39, 0.29) is 13.0 Å². The van der Waals surface area contributed by atoms with Gasteiger partial charge in [0.15, 0.2) is 0 Å². The summed E-state index contributed by atoms with van der Waals surface area (Å²) in [5.41, 5.74) is 8.51. The number of benzene rings is 2. The molecule has 0 bridgehead atoms. The van der Waals surface area contributed by atoms with Gasteiger partial charge in [0, 0.05) is 6.42 Å². The molecule has 172 valence electrons. The summed E-state index contributed by atoms with van der Waals surface area (Å²) in [6.07, 6.45) is -4.85. The van der Waals surface area contributed by atoms with Crippen molar-refractivity contribution in [2.45, 2.75) is 18.6 Å². The summed E-state index contributed by atoms with van der Waals surface area (Å²) in [6.45, 7) is -0.248. The van der Waals surface area contributed by atoms with Crippen molar-refractivity contribution in [2.75, 3.05) is 6.54 Å². The Morgan fingerprint density at radius 2 is 1.47 bits per heavy atom. The minimum Gasteiger partial charge on any atom is -0.475 e. The Kier molecular flexibility index (Phi) is 10.4. The van der Waals surface area contributed by atoms with Gasteiger partial charge in [0.25, 0.3) is 5.91 Å². The molecule has 0 radical (unpaired) electrons. The SMILES string of the molecule is NCC(=O)N[C@@H](Cc1ccccc1)C(=O)NOC(=O)c1ccccc1.O=C(O)C(F)(F)F. The molecule has 0 aliphatic heterocycles. The van der Waals surface area contributed by atoms with Crippen molar-refractivity contribution in [2.24, 2.45) is 5.73 Å². The maximum absolute atomic E-state index is 12.3. The van der Waals surface area contributed by atoms with E-state index >= 15 is 0 Å². The quantitative estimate of drug-likeness (QED) is 0.478. The van der Waals surface area contributed by atoms with Gasteiger partial charge in [-0.05, 0) is 17.7 Å². The molecule has 1 atom stereocenters. The zero-order chi connectivity index (χ0) is 24.1. The number of carboxylic acid groups (broad SMARTS) is 1. The summed E-state index contributed by atoms with van der Waals surface area (Å²) >= 11 is 0. The largest absolute Gasteiger partial charge is 0.490 e. The Balaban J connectivity index is 0.000000633. The van der Waals surface area contributed by atoms with E-state index in [9.17, 15) is 27.6 Å². The smallest absolute Gasteiger partial charge is 0.475 e. The van der Waals surface area contributed by atoms with E-state index in [1.54, 1.807) is 30.3 Å². The van der Waals surface area contributed by atoms with E-state index in [2.05, 4.69) is 10.8 Å². The van der Waals surface area contributed by atoms with Crippen LogP contribution in [0.1, 0.15) is 15.9 Å². The standard InChI is InChI=1S/C18H19N3O4.C2HF3O2/c19-12-16(22)20-15(11-13-7-3-1-4-8-13)17(23)21-25-18(24)14-9-5-2-6-10-14;3-2(4,5)1(6)7/h1-10,15H,11-12,19H2,(H,20,22)(H,21,23);(H,6,7)/t15-;/m0./s1. The van der Waals surface area contributed by atoms with Crippen LogP contribution in [0.3, 0.4) is 0 Å². The molecule has 2 rings (SSSR count). The number of carboxylic acids is 1. The number of hydrogen-bond donors (Lipinski definition) is 4. The highest BCUT2D eigenvalue weighted by atomic mass is 19.4. The number of aliphatic carboxylic acids is 1. The van der Waals surface area contributed by atoms with E-state index in [1.807, 2.05) is 30.3 Å². The number of amides is 2. The Morgan fingerprint density at radius 1 is 0.969 bits per heavy atom. The average molecular weight is 455 g/mol. The first kappa shape index (κ1) is 26.1. The maximum atomic E-state index is 12.3. The van der Waals surface area contributed by atoms with E-state index in [0.717, 1.165) is 5.56 Å². The summed E-state index contributed by atoms with van der Waals surface area (Å²) in [7, 11) is 0. The Labute approximate surface area is 180 Å². The van der Waals surface area contributed by atoms with Gasteiger partial charge in [-0.1, -0.05) is 48.5 Å². The molecule has 0 aliphatic carbocycles. The van der Waals surface area contributed by atoms with Crippen LogP contribution < -0.4 is 16.5 Å². The van der Waals surface area contributed by atoms with Crippen molar-refractivity contribution >= 4 is 23.8 Å². The van der Waals surface area contributed by atoms with Crippen LogP contribution in [0.5, 0.6) is 0 Å². The predicted octanol–water partition coefficient (Wildman–Crippen LogP) is 1.19. The molecule has 0 heterocycles. The molecule has 12 heteroatoms. The van der Waals surface area contributed by atoms with Crippen molar-refractivity contribution < 1.29 is 42.3 Å². The summed E-state index contributed by atoms with van der Waals surface area (Å²) in [4.78, 5) is 49.4. The minimum absolute atomic E-state index is 0.237. The second-order valence-electron chi connectivity index (χ2n) is 6.04. The number of alkyl halides is 3. The molecule has 5 N–H and O–H groups in total. The highest BCUT2D eigenvalue weighted by Gasteiger charge is 2.38. The van der Waals surface area contributed by atoms with Crippen LogP contribution in [0.4, 0.5) is 13.2 Å². The van der Waals surface area contributed by atoms with E-state index in [4.69, 9.17) is 20.5 Å². The normalized spacial score (nSPS) is 11.2. The zero-order valence-electron chi connectivity index (χ0n) is 16.5. The van der Waals surface area contributed by atoms with Gasteiger partial charge in [-0.3, -0.25) is 9.59 Å². The zero-order valence-corrected chi connectivity index (χ0v) is 16.5. The van der Waals surface area contributed by atoms with Gasteiger partial charge in [-0.2, -0.15) is 18.7 Å². The number of nitrogens with two attached hydrogens (primary N) is 1. The highest BCUT2D eigenvalue weighted by Crippen LogP contribution is 2.13. The lowest BCUT2D eigenvalue weighted by Gasteiger charge is -2.17. The molecule has 0 spiro atoms. The summed E-state index contributed by atoms with van der Waals surface area (Å²) < 4.78 is 31.7. The lowest BCUT2D eigenvalue weighted by molar-refractivity contribution is -0.192. The van der Waals surface area contributed by atoms with Crippen molar-refractivity contribution in [1.82, 2.24) is 10.8 Å². The van der Waals surface area contributed by atoms with Crippen molar-refractivity contribution in [3.05, 3.63) is 71.8 Å². The van der Waals surface area contributed by atoms with Crippen LogP contribution in [-0.2, 0) is 25.6 Å². The van der Waals surface area contributed by atoms with Crippen molar-refractivity contribution in [3.63, 3.8) is 0 Å². The van der Waals surface area contributed by atoms with Crippen LogP contribution in [0.15, 0.2) is 60.7 Å². The van der Waals surface area contributed by atoms with Gasteiger partial charge in [0.1, 0.15) is 6.04 Å². The Hall–Kier alpha value is -3.93. The highest BCUT2D eigenvalue weighted by molar-refractivity contribution is 5.92. The predicted molar refractivity (Wildman–Crippen MR) is 105 cm³/mol. The first-order valence-corrected chi connectivity index (χ1v) is 8.94. The molecule has 9 nitrogen and oxygen atoms in total. The van der Waals surface area contributed by atoms with Gasteiger partial charge in [-0.15, -0.1) is 0 Å². The van der Waals surface area contributed by atoms with Crippen molar-refractivity contribution in [3.8, 4) is 0 Å². The summed E-state index contributed by atoms with van der Waals surface area (Å²) in [5.74, 6) is -4.58. The summed E-state index contributed by atoms with van der Waals surface area (Å²) in [5, 5.41) is 9.64. The molecule has 0 fully saturated rings. The fraction of sp³-hybridized carbons (Fsp3) is 0.200. The molecule has 2 amide bonds. The van der Waals surface area contributed by atoms with Crippen LogP contribution in [-0.4, -0.2) is 47.6 Å². The number of rotatable bonds is 6. The fourth-order valence-corrected chi connectivity index (χ4v) is 2.11. The number of carbonyl (C=O) groups is 4. The Morgan fingerprint density at radius 3 is 1.94 bits per heavy atom. The third-order valence-electron chi connectivity index (χ3n) is 3.62.